The fraction of sp³-hybridized carbons (Fsp3) is 0.350. The van der Waals surface area contributed by atoms with Crippen molar-refractivity contribution in [1.82, 2.24) is 10.2 Å². The number of likely N-dealkylation sites (tertiary alicyclic amines) is 1. The Morgan fingerprint density at radius 3 is 2.42 bits per heavy atom. The van der Waals surface area contributed by atoms with E-state index in [2.05, 4.69) is 10.2 Å². The maximum Gasteiger partial charge on any atom is 0.272 e. The van der Waals surface area contributed by atoms with Crippen molar-refractivity contribution in [2.45, 2.75) is 25.3 Å². The lowest BCUT2D eigenvalue weighted by molar-refractivity contribution is -0.385. The average molecular weight is 353 g/mol. The van der Waals surface area contributed by atoms with E-state index in [4.69, 9.17) is 0 Å². The Bertz CT molecular complexity index is 756. The molecule has 0 spiro atoms. The van der Waals surface area contributed by atoms with Gasteiger partial charge >= 0.3 is 0 Å². The number of piperidine rings is 1. The number of nitrogens with zero attached hydrogens (tertiary/aromatic N) is 2. The molecular formula is C20H23N3O3. The molecule has 3 rings (SSSR count). The summed E-state index contributed by atoms with van der Waals surface area (Å²) in [5.41, 5.74) is 1.65. The highest BCUT2D eigenvalue weighted by Gasteiger charge is 2.21. The quantitative estimate of drug-likeness (QED) is 0.640. The number of benzene rings is 2. The van der Waals surface area contributed by atoms with Crippen LogP contribution < -0.4 is 5.32 Å². The van der Waals surface area contributed by atoms with E-state index in [0.29, 0.717) is 12.0 Å². The molecule has 0 unspecified atom stereocenters. The van der Waals surface area contributed by atoms with Crippen LogP contribution in [0.25, 0.3) is 0 Å². The minimum atomic E-state index is -0.319. The molecule has 0 atom stereocenters. The lowest BCUT2D eigenvalue weighted by Gasteiger charge is -2.32. The molecule has 136 valence electrons. The summed E-state index contributed by atoms with van der Waals surface area (Å²) >= 11 is 0. The van der Waals surface area contributed by atoms with Crippen LogP contribution in [0.1, 0.15) is 28.8 Å². The van der Waals surface area contributed by atoms with Crippen molar-refractivity contribution in [2.75, 3.05) is 19.6 Å². The van der Waals surface area contributed by atoms with Gasteiger partial charge in [-0.15, -0.1) is 0 Å². The number of amides is 1. The van der Waals surface area contributed by atoms with Gasteiger partial charge in [-0.2, -0.15) is 0 Å². The molecule has 1 aliphatic heterocycles. The van der Waals surface area contributed by atoms with E-state index in [9.17, 15) is 14.9 Å². The second kappa shape index (κ2) is 8.58. The largest absolute Gasteiger partial charge is 0.349 e. The van der Waals surface area contributed by atoms with Gasteiger partial charge in [-0.3, -0.25) is 14.9 Å². The zero-order valence-corrected chi connectivity index (χ0v) is 14.6. The normalized spacial score (nSPS) is 15.5. The van der Waals surface area contributed by atoms with Gasteiger partial charge in [0.1, 0.15) is 0 Å². The molecule has 1 N–H and O–H groups in total. The molecule has 1 aliphatic rings. The molecule has 1 amide bonds. The predicted octanol–water partition coefficient (Wildman–Crippen LogP) is 3.03. The average Bonchev–Trinajstić information content (AvgIpc) is 2.68. The summed E-state index contributed by atoms with van der Waals surface area (Å²) in [6, 6.07) is 16.4. The lowest BCUT2D eigenvalue weighted by atomic mass is 10.0. The Balaban J connectivity index is 1.46. The monoisotopic (exact) mass is 353 g/mol. The molecule has 0 radical (unpaired) electrons. The van der Waals surface area contributed by atoms with E-state index < -0.39 is 0 Å². The molecule has 2 aromatic carbocycles. The predicted molar refractivity (Wildman–Crippen MR) is 100 cm³/mol. The molecule has 0 aliphatic carbocycles. The SMILES string of the molecule is O=C(NC1CCN(CCc2ccccc2[N+](=O)[O-])CC1)c1ccccc1. The summed E-state index contributed by atoms with van der Waals surface area (Å²) < 4.78 is 0. The first-order chi connectivity index (χ1) is 12.6. The van der Waals surface area contributed by atoms with Crippen molar-refractivity contribution < 1.29 is 9.72 Å². The fourth-order valence-corrected chi connectivity index (χ4v) is 3.34. The van der Waals surface area contributed by atoms with Crippen LogP contribution in [-0.2, 0) is 6.42 Å². The van der Waals surface area contributed by atoms with E-state index in [1.165, 1.54) is 0 Å². The minimum Gasteiger partial charge on any atom is -0.349 e. The third-order valence-corrected chi connectivity index (χ3v) is 4.84. The van der Waals surface area contributed by atoms with Crippen LogP contribution in [0.4, 0.5) is 5.69 Å². The molecule has 2 aromatic rings. The summed E-state index contributed by atoms with van der Waals surface area (Å²) in [6.45, 7) is 2.57. The van der Waals surface area contributed by atoms with E-state index in [-0.39, 0.29) is 22.6 Å². The van der Waals surface area contributed by atoms with Crippen molar-refractivity contribution in [3.63, 3.8) is 0 Å². The number of nitro benzene ring substituents is 1. The number of para-hydroxylation sites is 1. The fourth-order valence-electron chi connectivity index (χ4n) is 3.34. The summed E-state index contributed by atoms with van der Waals surface area (Å²) in [5.74, 6) is -0.0241. The Morgan fingerprint density at radius 2 is 1.73 bits per heavy atom. The van der Waals surface area contributed by atoms with Crippen LogP contribution in [0.15, 0.2) is 54.6 Å². The number of nitrogens with one attached hydrogen (secondary N) is 1. The van der Waals surface area contributed by atoms with Gasteiger partial charge in [-0.25, -0.2) is 0 Å². The van der Waals surface area contributed by atoms with Crippen molar-refractivity contribution in [1.29, 1.82) is 0 Å². The van der Waals surface area contributed by atoms with E-state index in [1.807, 2.05) is 42.5 Å². The molecule has 1 fully saturated rings. The number of carbonyl (C=O) groups excluding carboxylic acids is 1. The van der Waals surface area contributed by atoms with Gasteiger partial charge in [0.25, 0.3) is 11.6 Å². The van der Waals surface area contributed by atoms with Gasteiger partial charge < -0.3 is 10.2 Å². The number of hydrogen-bond acceptors (Lipinski definition) is 4. The first-order valence-electron chi connectivity index (χ1n) is 8.94. The standard InChI is InChI=1S/C20H23N3O3/c24-20(17-7-2-1-3-8-17)21-18-11-14-22(15-12-18)13-10-16-6-4-5-9-19(16)23(25)26/h1-9,18H,10-15H2,(H,21,24). The number of nitro groups is 1. The summed E-state index contributed by atoms with van der Waals surface area (Å²) in [6.07, 6.45) is 2.46. The zero-order chi connectivity index (χ0) is 18.4. The molecule has 1 saturated heterocycles. The molecule has 0 aromatic heterocycles. The van der Waals surface area contributed by atoms with Crippen LogP contribution in [0, 0.1) is 10.1 Å². The highest BCUT2D eigenvalue weighted by atomic mass is 16.6. The van der Waals surface area contributed by atoms with Gasteiger partial charge in [0.05, 0.1) is 4.92 Å². The van der Waals surface area contributed by atoms with E-state index in [0.717, 1.165) is 38.0 Å². The van der Waals surface area contributed by atoms with Crippen molar-refractivity contribution in [2.24, 2.45) is 0 Å². The molecule has 0 bridgehead atoms. The van der Waals surface area contributed by atoms with Gasteiger partial charge in [0.2, 0.25) is 0 Å². The number of rotatable bonds is 6. The Hall–Kier alpha value is -2.73. The first-order valence-corrected chi connectivity index (χ1v) is 8.94. The Morgan fingerprint density at radius 1 is 1.08 bits per heavy atom. The number of carbonyl (C=O) groups is 1. The molecule has 6 heteroatoms. The summed E-state index contributed by atoms with van der Waals surface area (Å²) in [4.78, 5) is 25.3. The third-order valence-electron chi connectivity index (χ3n) is 4.84. The summed E-state index contributed by atoms with van der Waals surface area (Å²) in [5, 5.41) is 14.2. The van der Waals surface area contributed by atoms with Crippen LogP contribution >= 0.6 is 0 Å². The lowest BCUT2D eigenvalue weighted by Crippen LogP contribution is -2.45. The Kier molecular flexibility index (Phi) is 5.96. The smallest absolute Gasteiger partial charge is 0.272 e. The maximum atomic E-state index is 12.2. The highest BCUT2D eigenvalue weighted by Crippen LogP contribution is 2.19. The van der Waals surface area contributed by atoms with Crippen LogP contribution in [0.5, 0.6) is 0 Å². The van der Waals surface area contributed by atoms with E-state index in [1.54, 1.807) is 12.1 Å². The first kappa shape index (κ1) is 18.1. The van der Waals surface area contributed by atoms with Gasteiger partial charge in [-0.05, 0) is 31.4 Å². The minimum absolute atomic E-state index is 0.0241. The van der Waals surface area contributed by atoms with Gasteiger partial charge in [-0.1, -0.05) is 36.4 Å². The zero-order valence-electron chi connectivity index (χ0n) is 14.6. The Labute approximate surface area is 153 Å². The van der Waals surface area contributed by atoms with E-state index >= 15 is 0 Å². The van der Waals surface area contributed by atoms with Crippen molar-refractivity contribution in [3.05, 3.63) is 75.8 Å². The molecule has 1 heterocycles. The van der Waals surface area contributed by atoms with Crippen LogP contribution in [-0.4, -0.2) is 41.4 Å². The molecular weight excluding hydrogens is 330 g/mol. The van der Waals surface area contributed by atoms with Crippen molar-refractivity contribution >= 4 is 11.6 Å². The molecule has 26 heavy (non-hydrogen) atoms. The number of hydrogen-bond donors (Lipinski definition) is 1. The van der Waals surface area contributed by atoms with Crippen molar-refractivity contribution in [3.8, 4) is 0 Å². The highest BCUT2D eigenvalue weighted by molar-refractivity contribution is 5.94. The second-order valence-corrected chi connectivity index (χ2v) is 6.59. The van der Waals surface area contributed by atoms with Crippen LogP contribution in [0.2, 0.25) is 0 Å². The molecule has 6 nitrogen and oxygen atoms in total. The topological polar surface area (TPSA) is 75.5 Å². The third kappa shape index (κ3) is 4.67. The maximum absolute atomic E-state index is 12.2. The summed E-state index contributed by atoms with van der Waals surface area (Å²) in [7, 11) is 0. The second-order valence-electron chi connectivity index (χ2n) is 6.59. The van der Waals surface area contributed by atoms with Crippen LogP contribution in [0.3, 0.4) is 0 Å². The van der Waals surface area contributed by atoms with Gasteiger partial charge in [0, 0.05) is 42.9 Å². The molecule has 0 saturated carbocycles. The van der Waals surface area contributed by atoms with Gasteiger partial charge in [0.15, 0.2) is 0 Å².